The summed E-state index contributed by atoms with van der Waals surface area (Å²) in [5.41, 5.74) is 0. The molecule has 0 saturated heterocycles. The number of guanidine groups is 1. The molecule has 26 heavy (non-hydrogen) atoms. The van der Waals surface area contributed by atoms with Crippen molar-refractivity contribution in [1.82, 2.24) is 15.5 Å². The van der Waals surface area contributed by atoms with E-state index in [9.17, 15) is 8.42 Å². The number of sulfone groups is 1. The Morgan fingerprint density at radius 2 is 2.00 bits per heavy atom. The van der Waals surface area contributed by atoms with Gasteiger partial charge in [0.1, 0.15) is 15.6 Å². The summed E-state index contributed by atoms with van der Waals surface area (Å²) in [6.07, 6.45) is 3.48. The third kappa shape index (κ3) is 9.22. The number of hydrogen-bond donors (Lipinski definition) is 2. The van der Waals surface area contributed by atoms with Gasteiger partial charge in [0.15, 0.2) is 5.96 Å². The molecule has 0 aliphatic carbocycles. The molecule has 1 aromatic heterocycles. The Kier molecular flexibility index (Phi) is 12.2. The zero-order valence-corrected chi connectivity index (χ0v) is 19.5. The molecule has 1 aromatic rings. The molecule has 1 rings (SSSR count). The van der Waals surface area contributed by atoms with Crippen molar-refractivity contribution in [2.75, 3.05) is 38.7 Å². The maximum Gasteiger partial charge on any atom is 0.191 e. The van der Waals surface area contributed by atoms with E-state index < -0.39 is 9.84 Å². The van der Waals surface area contributed by atoms with Crippen molar-refractivity contribution in [3.05, 3.63) is 24.2 Å². The van der Waals surface area contributed by atoms with Crippen LogP contribution in [0.4, 0.5) is 0 Å². The zero-order valence-electron chi connectivity index (χ0n) is 16.4. The highest BCUT2D eigenvalue weighted by atomic mass is 127. The highest BCUT2D eigenvalue weighted by molar-refractivity contribution is 14.0. The van der Waals surface area contributed by atoms with Crippen molar-refractivity contribution in [1.29, 1.82) is 0 Å². The molecule has 1 heterocycles. The lowest BCUT2D eigenvalue weighted by atomic mass is 10.2. The lowest BCUT2D eigenvalue weighted by molar-refractivity contribution is 0.193. The molecule has 2 unspecified atom stereocenters. The zero-order chi connectivity index (χ0) is 18.9. The predicted octanol–water partition coefficient (Wildman–Crippen LogP) is 2.27. The topological polar surface area (TPSA) is 86.9 Å². The maximum atomic E-state index is 11.3. The molecule has 152 valence electrons. The first-order valence-electron chi connectivity index (χ1n) is 8.73. The van der Waals surface area contributed by atoms with Gasteiger partial charge in [0, 0.05) is 25.9 Å². The van der Waals surface area contributed by atoms with Crippen LogP contribution >= 0.6 is 24.0 Å². The number of nitrogens with one attached hydrogen (secondary N) is 2. The molecule has 0 aliphatic rings. The summed E-state index contributed by atoms with van der Waals surface area (Å²) >= 11 is 0. The number of aliphatic imine (C=N–C) groups is 1. The van der Waals surface area contributed by atoms with E-state index in [2.05, 4.69) is 34.4 Å². The molecule has 2 atom stereocenters. The third-order valence-electron chi connectivity index (χ3n) is 4.12. The van der Waals surface area contributed by atoms with Gasteiger partial charge in [0.2, 0.25) is 0 Å². The van der Waals surface area contributed by atoms with Crippen molar-refractivity contribution in [2.45, 2.75) is 39.3 Å². The van der Waals surface area contributed by atoms with Gasteiger partial charge < -0.3 is 15.1 Å². The lowest BCUT2D eigenvalue weighted by Crippen LogP contribution is -2.46. The fourth-order valence-corrected chi connectivity index (χ4v) is 3.42. The summed E-state index contributed by atoms with van der Waals surface area (Å²) < 4.78 is 28.2. The van der Waals surface area contributed by atoms with Gasteiger partial charge in [-0.25, -0.2) is 8.42 Å². The number of likely N-dealkylation sites (N-methyl/N-ethyl adjacent to an activating group) is 1. The SMILES string of the molecule is CCN(CC)C(CNC(=NC)NC(C)CCS(C)(=O)=O)c1ccco1.I. The fourth-order valence-electron chi connectivity index (χ4n) is 2.64. The van der Waals surface area contributed by atoms with E-state index in [0.717, 1.165) is 18.8 Å². The van der Waals surface area contributed by atoms with Crippen LogP contribution in [0.15, 0.2) is 27.8 Å². The summed E-state index contributed by atoms with van der Waals surface area (Å²) in [6.45, 7) is 8.68. The van der Waals surface area contributed by atoms with Crippen molar-refractivity contribution in [3.8, 4) is 0 Å². The van der Waals surface area contributed by atoms with E-state index in [0.29, 0.717) is 18.9 Å². The van der Waals surface area contributed by atoms with E-state index in [-0.39, 0.29) is 41.8 Å². The first-order chi connectivity index (χ1) is 11.8. The highest BCUT2D eigenvalue weighted by Crippen LogP contribution is 2.20. The Morgan fingerprint density at radius 3 is 2.46 bits per heavy atom. The minimum absolute atomic E-state index is 0. The Morgan fingerprint density at radius 1 is 1.35 bits per heavy atom. The second kappa shape index (κ2) is 12.6. The first-order valence-corrected chi connectivity index (χ1v) is 10.8. The number of nitrogens with zero attached hydrogens (tertiary/aromatic N) is 2. The summed E-state index contributed by atoms with van der Waals surface area (Å²) in [5.74, 6) is 1.73. The smallest absolute Gasteiger partial charge is 0.191 e. The van der Waals surface area contributed by atoms with E-state index in [1.165, 1.54) is 6.26 Å². The highest BCUT2D eigenvalue weighted by Gasteiger charge is 2.21. The van der Waals surface area contributed by atoms with Crippen LogP contribution in [0.2, 0.25) is 0 Å². The number of hydrogen-bond acceptors (Lipinski definition) is 5. The van der Waals surface area contributed by atoms with Gasteiger partial charge in [-0.1, -0.05) is 13.8 Å². The van der Waals surface area contributed by atoms with Crippen molar-refractivity contribution >= 4 is 39.8 Å². The standard InChI is InChI=1S/C17H32N4O3S.HI/c1-6-21(7-2)15(16-9-8-11-24-16)13-19-17(18-4)20-14(3)10-12-25(5,22)23;/h8-9,11,14-15H,6-7,10,12-13H2,1-5H3,(H2,18,19,20);1H. The average Bonchev–Trinajstić information content (AvgIpc) is 3.09. The summed E-state index contributed by atoms with van der Waals surface area (Å²) in [4.78, 5) is 6.54. The fraction of sp³-hybridized carbons (Fsp3) is 0.706. The van der Waals surface area contributed by atoms with Crippen LogP contribution in [-0.4, -0.2) is 64.0 Å². The molecule has 0 spiro atoms. The van der Waals surface area contributed by atoms with Crippen molar-refractivity contribution < 1.29 is 12.8 Å². The first kappa shape index (κ1) is 25.2. The maximum absolute atomic E-state index is 11.3. The van der Waals surface area contributed by atoms with Crippen LogP contribution in [-0.2, 0) is 9.84 Å². The van der Waals surface area contributed by atoms with Gasteiger partial charge in [0.25, 0.3) is 0 Å². The van der Waals surface area contributed by atoms with E-state index in [1.807, 2.05) is 19.1 Å². The van der Waals surface area contributed by atoms with Crippen molar-refractivity contribution in [3.63, 3.8) is 0 Å². The Balaban J connectivity index is 0.00000625. The third-order valence-corrected chi connectivity index (χ3v) is 5.09. The molecule has 0 saturated carbocycles. The molecular weight excluding hydrogens is 467 g/mol. The number of rotatable bonds is 10. The molecule has 2 N–H and O–H groups in total. The van der Waals surface area contributed by atoms with Crippen LogP contribution in [0.1, 0.15) is 39.0 Å². The van der Waals surface area contributed by atoms with E-state index >= 15 is 0 Å². The Bertz CT molecular complexity index is 616. The van der Waals surface area contributed by atoms with Gasteiger partial charge in [0.05, 0.1) is 18.1 Å². The van der Waals surface area contributed by atoms with Gasteiger partial charge in [-0.15, -0.1) is 24.0 Å². The molecule has 0 fully saturated rings. The van der Waals surface area contributed by atoms with Crippen molar-refractivity contribution in [2.24, 2.45) is 4.99 Å². The van der Waals surface area contributed by atoms with Crippen LogP contribution in [0.5, 0.6) is 0 Å². The van der Waals surface area contributed by atoms with E-state index in [4.69, 9.17) is 4.42 Å². The van der Waals surface area contributed by atoms with Gasteiger partial charge >= 0.3 is 0 Å². The monoisotopic (exact) mass is 500 g/mol. The second-order valence-corrected chi connectivity index (χ2v) is 8.43. The number of furan rings is 1. The molecule has 0 amide bonds. The summed E-state index contributed by atoms with van der Waals surface area (Å²) in [7, 11) is -1.25. The summed E-state index contributed by atoms with van der Waals surface area (Å²) in [5, 5.41) is 6.56. The molecule has 0 radical (unpaired) electrons. The minimum atomic E-state index is -2.95. The molecule has 0 aromatic carbocycles. The summed E-state index contributed by atoms with van der Waals surface area (Å²) in [6, 6.07) is 3.99. The average molecular weight is 500 g/mol. The van der Waals surface area contributed by atoms with Crippen LogP contribution in [0.25, 0.3) is 0 Å². The minimum Gasteiger partial charge on any atom is -0.468 e. The van der Waals surface area contributed by atoms with Gasteiger partial charge in [-0.3, -0.25) is 9.89 Å². The Labute approximate surface area is 174 Å². The molecule has 7 nitrogen and oxygen atoms in total. The molecule has 0 aliphatic heterocycles. The molecule has 0 bridgehead atoms. The molecule has 9 heteroatoms. The van der Waals surface area contributed by atoms with E-state index in [1.54, 1.807) is 13.3 Å². The normalized spacial score (nSPS) is 14.6. The van der Waals surface area contributed by atoms with Crippen LogP contribution in [0, 0.1) is 0 Å². The van der Waals surface area contributed by atoms with Gasteiger partial charge in [-0.2, -0.15) is 0 Å². The number of halogens is 1. The largest absolute Gasteiger partial charge is 0.468 e. The second-order valence-electron chi connectivity index (χ2n) is 6.17. The van der Waals surface area contributed by atoms with Crippen LogP contribution < -0.4 is 10.6 Å². The van der Waals surface area contributed by atoms with Gasteiger partial charge in [-0.05, 0) is 38.6 Å². The quantitative estimate of drug-likeness (QED) is 0.291. The Hall–Kier alpha value is -0.810. The lowest BCUT2D eigenvalue weighted by Gasteiger charge is -2.29. The predicted molar refractivity (Wildman–Crippen MR) is 118 cm³/mol. The van der Waals surface area contributed by atoms with Crippen LogP contribution in [0.3, 0.4) is 0 Å². The molecular formula is C17H33IN4O3S.